The van der Waals surface area contributed by atoms with Gasteiger partial charge in [0, 0.05) is 12.0 Å². The number of aliphatic hydroxyl groups is 1. The lowest BCUT2D eigenvalue weighted by atomic mass is 9.66. The average Bonchev–Trinajstić information content (AvgIpc) is 2.31. The summed E-state index contributed by atoms with van der Waals surface area (Å²) in [5.74, 6) is 0. The highest BCUT2D eigenvalue weighted by Gasteiger charge is 2.48. The predicted octanol–water partition coefficient (Wildman–Crippen LogP) is 0.463. The summed E-state index contributed by atoms with van der Waals surface area (Å²) in [5, 5.41) is 9.49. The van der Waals surface area contributed by atoms with Crippen LogP contribution in [0.25, 0.3) is 0 Å². The Balaban J connectivity index is 2.04. The maximum Gasteiger partial charge on any atom is 0.0609 e. The van der Waals surface area contributed by atoms with Crippen LogP contribution in [0.4, 0.5) is 0 Å². The first-order valence-electron chi connectivity index (χ1n) is 4.10. The van der Waals surface area contributed by atoms with Gasteiger partial charge in [-0.2, -0.15) is 0 Å². The highest BCUT2D eigenvalue weighted by atomic mass is 16.3. The van der Waals surface area contributed by atoms with E-state index in [1.165, 1.54) is 19.4 Å². The summed E-state index contributed by atoms with van der Waals surface area (Å²) in [7, 11) is 2.14. The van der Waals surface area contributed by atoms with E-state index >= 15 is 0 Å². The Morgan fingerprint density at radius 3 is 2.50 bits per heavy atom. The molecule has 0 amide bonds. The van der Waals surface area contributed by atoms with Gasteiger partial charge in [-0.1, -0.05) is 0 Å². The molecule has 1 spiro atoms. The van der Waals surface area contributed by atoms with Gasteiger partial charge in [-0.05, 0) is 32.9 Å². The van der Waals surface area contributed by atoms with E-state index in [-0.39, 0.29) is 6.10 Å². The normalized spacial score (nSPS) is 48.0. The molecule has 0 aromatic carbocycles. The Bertz CT molecular complexity index is 148. The van der Waals surface area contributed by atoms with Crippen LogP contribution in [0.3, 0.4) is 0 Å². The van der Waals surface area contributed by atoms with Gasteiger partial charge in [0.1, 0.15) is 0 Å². The molecule has 1 heterocycles. The lowest BCUT2D eigenvalue weighted by Crippen LogP contribution is -2.46. The topological polar surface area (TPSA) is 23.5 Å². The lowest BCUT2D eigenvalue weighted by Gasteiger charge is -2.43. The van der Waals surface area contributed by atoms with Crippen LogP contribution < -0.4 is 0 Å². The highest BCUT2D eigenvalue weighted by Crippen LogP contribution is 2.47. The van der Waals surface area contributed by atoms with Crippen molar-refractivity contribution < 1.29 is 5.11 Å². The van der Waals surface area contributed by atoms with Gasteiger partial charge in [0.05, 0.1) is 6.10 Å². The van der Waals surface area contributed by atoms with Crippen molar-refractivity contribution in [2.45, 2.75) is 25.4 Å². The van der Waals surface area contributed by atoms with Crippen LogP contribution >= 0.6 is 0 Å². The molecule has 2 unspecified atom stereocenters. The zero-order valence-electron chi connectivity index (χ0n) is 6.51. The van der Waals surface area contributed by atoms with Crippen molar-refractivity contribution in [3.8, 4) is 0 Å². The molecule has 2 atom stereocenters. The van der Waals surface area contributed by atoms with E-state index in [1.54, 1.807) is 0 Å². The molecule has 0 aromatic heterocycles. The molecule has 1 saturated heterocycles. The molecule has 2 rings (SSSR count). The molecule has 0 radical (unpaired) electrons. The average molecular weight is 141 g/mol. The van der Waals surface area contributed by atoms with E-state index in [1.807, 2.05) is 0 Å². The Morgan fingerprint density at radius 1 is 1.50 bits per heavy atom. The largest absolute Gasteiger partial charge is 0.392 e. The SMILES string of the molecule is CN1CCC2(CCC2O)C1. The summed E-state index contributed by atoms with van der Waals surface area (Å²) in [6.45, 7) is 2.30. The summed E-state index contributed by atoms with van der Waals surface area (Å²) in [5.41, 5.74) is 0.328. The van der Waals surface area contributed by atoms with Gasteiger partial charge in [-0.15, -0.1) is 0 Å². The second kappa shape index (κ2) is 1.95. The van der Waals surface area contributed by atoms with E-state index in [0.717, 1.165) is 13.0 Å². The van der Waals surface area contributed by atoms with Crippen LogP contribution in [-0.4, -0.2) is 36.2 Å². The fourth-order valence-corrected chi connectivity index (χ4v) is 2.27. The molecular formula is C8H15NO. The van der Waals surface area contributed by atoms with Gasteiger partial charge >= 0.3 is 0 Å². The zero-order valence-corrected chi connectivity index (χ0v) is 6.51. The lowest BCUT2D eigenvalue weighted by molar-refractivity contribution is -0.0554. The standard InChI is InChI=1S/C8H15NO/c1-9-5-4-8(6-9)3-2-7(8)10/h7,10H,2-6H2,1H3. The fraction of sp³-hybridized carbons (Fsp3) is 1.00. The smallest absolute Gasteiger partial charge is 0.0609 e. The molecule has 1 saturated carbocycles. The monoisotopic (exact) mass is 141 g/mol. The van der Waals surface area contributed by atoms with Crippen LogP contribution in [-0.2, 0) is 0 Å². The molecule has 2 fully saturated rings. The van der Waals surface area contributed by atoms with E-state index < -0.39 is 0 Å². The van der Waals surface area contributed by atoms with Crippen LogP contribution in [0, 0.1) is 5.41 Å². The second-order valence-corrected chi connectivity index (χ2v) is 3.90. The molecule has 10 heavy (non-hydrogen) atoms. The Morgan fingerprint density at radius 2 is 2.30 bits per heavy atom. The molecule has 0 bridgehead atoms. The van der Waals surface area contributed by atoms with Crippen molar-refractivity contribution in [3.63, 3.8) is 0 Å². The van der Waals surface area contributed by atoms with Crippen molar-refractivity contribution >= 4 is 0 Å². The molecule has 58 valence electrons. The third-order valence-corrected chi connectivity index (χ3v) is 3.20. The number of hydrogen-bond acceptors (Lipinski definition) is 2. The van der Waals surface area contributed by atoms with Crippen LogP contribution in [0.15, 0.2) is 0 Å². The third kappa shape index (κ3) is 0.722. The molecule has 1 N–H and O–H groups in total. The fourth-order valence-electron chi connectivity index (χ4n) is 2.27. The Labute approximate surface area is 61.8 Å². The Hall–Kier alpha value is -0.0800. The molecule has 0 aromatic rings. The van der Waals surface area contributed by atoms with Crippen LogP contribution in [0.1, 0.15) is 19.3 Å². The van der Waals surface area contributed by atoms with Gasteiger partial charge in [0.25, 0.3) is 0 Å². The number of nitrogens with zero attached hydrogens (tertiary/aromatic N) is 1. The van der Waals surface area contributed by atoms with E-state index in [9.17, 15) is 5.11 Å². The molecule has 2 heteroatoms. The third-order valence-electron chi connectivity index (χ3n) is 3.20. The van der Waals surface area contributed by atoms with Crippen LogP contribution in [0.2, 0.25) is 0 Å². The molecular weight excluding hydrogens is 126 g/mol. The van der Waals surface area contributed by atoms with Crippen molar-refractivity contribution in [2.75, 3.05) is 20.1 Å². The number of rotatable bonds is 0. The minimum absolute atomic E-state index is 0.0115. The first kappa shape index (κ1) is 6.62. The molecule has 2 aliphatic rings. The minimum atomic E-state index is 0.0115. The zero-order chi connectivity index (χ0) is 7.19. The van der Waals surface area contributed by atoms with E-state index in [4.69, 9.17) is 0 Å². The Kier molecular flexibility index (Phi) is 1.29. The number of likely N-dealkylation sites (tertiary alicyclic amines) is 1. The maximum atomic E-state index is 9.49. The number of aliphatic hydroxyl groups excluding tert-OH is 1. The summed E-state index contributed by atoms with van der Waals surface area (Å²) < 4.78 is 0. The van der Waals surface area contributed by atoms with Crippen molar-refractivity contribution in [1.29, 1.82) is 0 Å². The first-order chi connectivity index (χ1) is 4.73. The van der Waals surface area contributed by atoms with E-state index in [0.29, 0.717) is 5.41 Å². The van der Waals surface area contributed by atoms with Gasteiger partial charge in [-0.25, -0.2) is 0 Å². The summed E-state index contributed by atoms with van der Waals surface area (Å²) >= 11 is 0. The quantitative estimate of drug-likeness (QED) is 0.530. The molecule has 2 nitrogen and oxygen atoms in total. The van der Waals surface area contributed by atoms with Gasteiger partial charge < -0.3 is 10.0 Å². The molecule has 1 aliphatic heterocycles. The predicted molar refractivity (Wildman–Crippen MR) is 39.8 cm³/mol. The summed E-state index contributed by atoms with van der Waals surface area (Å²) in [6, 6.07) is 0. The van der Waals surface area contributed by atoms with Crippen molar-refractivity contribution in [2.24, 2.45) is 5.41 Å². The van der Waals surface area contributed by atoms with Crippen LogP contribution in [0.5, 0.6) is 0 Å². The number of hydrogen-bond donors (Lipinski definition) is 1. The van der Waals surface area contributed by atoms with Gasteiger partial charge in [0.15, 0.2) is 0 Å². The highest BCUT2D eigenvalue weighted by molar-refractivity contribution is 5.01. The van der Waals surface area contributed by atoms with Gasteiger partial charge in [-0.3, -0.25) is 0 Å². The first-order valence-corrected chi connectivity index (χ1v) is 4.10. The van der Waals surface area contributed by atoms with Crippen molar-refractivity contribution in [3.05, 3.63) is 0 Å². The second-order valence-electron chi connectivity index (χ2n) is 3.90. The minimum Gasteiger partial charge on any atom is -0.392 e. The maximum absolute atomic E-state index is 9.49. The summed E-state index contributed by atoms with van der Waals surface area (Å²) in [4.78, 5) is 2.32. The van der Waals surface area contributed by atoms with Crippen molar-refractivity contribution in [1.82, 2.24) is 4.90 Å². The summed E-state index contributed by atoms with van der Waals surface area (Å²) in [6.07, 6.45) is 3.51. The van der Waals surface area contributed by atoms with E-state index in [2.05, 4.69) is 11.9 Å². The van der Waals surface area contributed by atoms with Gasteiger partial charge in [0.2, 0.25) is 0 Å². The molecule has 1 aliphatic carbocycles.